The fourth-order valence-electron chi connectivity index (χ4n) is 4.14. The zero-order chi connectivity index (χ0) is 13.1. The lowest BCUT2D eigenvalue weighted by molar-refractivity contribution is 0.166. The smallest absolute Gasteiger partial charge is 0.0585 e. The molecule has 2 atom stereocenters. The molecule has 0 amide bonds. The number of hydrogen-bond donors (Lipinski definition) is 2. The normalized spacial score (nSPS) is 31.1. The van der Waals surface area contributed by atoms with Crippen LogP contribution in [0.5, 0.6) is 0 Å². The Labute approximate surface area is 117 Å². The minimum Gasteiger partial charge on any atom is -0.395 e. The van der Waals surface area contributed by atoms with E-state index in [1.54, 1.807) is 0 Å². The minimum atomic E-state index is 0.304. The molecular formula is C16H30N2O. The first kappa shape index (κ1) is 13.8. The molecule has 1 aliphatic heterocycles. The number of nitrogens with one attached hydrogen (secondary N) is 1. The summed E-state index contributed by atoms with van der Waals surface area (Å²) in [7, 11) is 0. The van der Waals surface area contributed by atoms with Crippen LogP contribution in [0.15, 0.2) is 0 Å². The number of aliphatic hydroxyl groups is 1. The maximum Gasteiger partial charge on any atom is 0.0585 e. The molecule has 0 aromatic rings. The number of aliphatic hydroxyl groups excluding tert-OH is 1. The fraction of sp³-hybridized carbons (Fsp3) is 1.00. The number of likely N-dealkylation sites (tertiary alicyclic amines) is 1. The first-order valence-electron chi connectivity index (χ1n) is 8.48. The maximum atomic E-state index is 9.47. The summed E-state index contributed by atoms with van der Waals surface area (Å²) in [6.45, 7) is 2.79. The summed E-state index contributed by atoms with van der Waals surface area (Å²) >= 11 is 0. The quantitative estimate of drug-likeness (QED) is 0.741. The van der Waals surface area contributed by atoms with Gasteiger partial charge in [0.2, 0.25) is 0 Å². The third kappa shape index (κ3) is 3.71. The van der Waals surface area contributed by atoms with E-state index in [4.69, 9.17) is 0 Å². The summed E-state index contributed by atoms with van der Waals surface area (Å²) in [6.07, 6.45) is 12.4. The second-order valence-electron chi connectivity index (χ2n) is 6.90. The van der Waals surface area contributed by atoms with Crippen molar-refractivity contribution in [1.29, 1.82) is 0 Å². The molecule has 2 unspecified atom stereocenters. The van der Waals surface area contributed by atoms with Gasteiger partial charge in [-0.3, -0.25) is 0 Å². The van der Waals surface area contributed by atoms with Crippen molar-refractivity contribution in [1.82, 2.24) is 10.2 Å². The van der Waals surface area contributed by atoms with E-state index >= 15 is 0 Å². The van der Waals surface area contributed by atoms with Gasteiger partial charge in [0.15, 0.2) is 0 Å². The Bertz CT molecular complexity index is 274. The van der Waals surface area contributed by atoms with Gasteiger partial charge >= 0.3 is 0 Å². The van der Waals surface area contributed by atoms with E-state index in [1.165, 1.54) is 64.5 Å². The van der Waals surface area contributed by atoms with Gasteiger partial charge in [0, 0.05) is 24.7 Å². The molecule has 3 nitrogen and oxygen atoms in total. The zero-order valence-corrected chi connectivity index (χ0v) is 12.2. The largest absolute Gasteiger partial charge is 0.395 e. The molecule has 3 fully saturated rings. The lowest BCUT2D eigenvalue weighted by Gasteiger charge is -2.30. The van der Waals surface area contributed by atoms with Crippen LogP contribution < -0.4 is 5.32 Å². The molecule has 2 N–H and O–H groups in total. The van der Waals surface area contributed by atoms with Crippen LogP contribution in [-0.2, 0) is 0 Å². The van der Waals surface area contributed by atoms with E-state index in [2.05, 4.69) is 10.2 Å². The average molecular weight is 266 g/mol. The summed E-state index contributed by atoms with van der Waals surface area (Å²) in [4.78, 5) is 2.73. The van der Waals surface area contributed by atoms with E-state index in [0.717, 1.165) is 18.4 Å². The molecule has 2 saturated carbocycles. The van der Waals surface area contributed by atoms with Gasteiger partial charge < -0.3 is 15.3 Å². The van der Waals surface area contributed by atoms with Gasteiger partial charge in [0.1, 0.15) is 0 Å². The van der Waals surface area contributed by atoms with Gasteiger partial charge in [-0.05, 0) is 57.4 Å². The second kappa shape index (κ2) is 6.55. The van der Waals surface area contributed by atoms with Crippen molar-refractivity contribution in [2.45, 2.75) is 75.9 Å². The van der Waals surface area contributed by atoms with Crippen LogP contribution in [0.1, 0.15) is 57.8 Å². The molecule has 0 aromatic heterocycles. The molecule has 0 radical (unpaired) electrons. The van der Waals surface area contributed by atoms with Gasteiger partial charge in [-0.2, -0.15) is 0 Å². The standard InChI is InChI=1S/C16H30N2O/c19-12-15(17-14-7-8-14)9-11-18-10-3-6-16(18)13-4-1-2-5-13/h13-17,19H,1-12H2. The highest BCUT2D eigenvalue weighted by Crippen LogP contribution is 2.35. The highest BCUT2D eigenvalue weighted by Gasteiger charge is 2.33. The molecule has 2 aliphatic carbocycles. The van der Waals surface area contributed by atoms with Crippen LogP contribution >= 0.6 is 0 Å². The molecule has 3 aliphatic rings. The van der Waals surface area contributed by atoms with Crippen LogP contribution in [0.3, 0.4) is 0 Å². The Hall–Kier alpha value is -0.120. The Kier molecular flexibility index (Phi) is 4.78. The van der Waals surface area contributed by atoms with Crippen molar-refractivity contribution in [2.24, 2.45) is 5.92 Å². The van der Waals surface area contributed by atoms with E-state index in [9.17, 15) is 5.11 Å². The van der Waals surface area contributed by atoms with Gasteiger partial charge in [0.05, 0.1) is 6.61 Å². The number of hydrogen-bond acceptors (Lipinski definition) is 3. The van der Waals surface area contributed by atoms with Crippen LogP contribution in [0.25, 0.3) is 0 Å². The highest BCUT2D eigenvalue weighted by atomic mass is 16.3. The van der Waals surface area contributed by atoms with Gasteiger partial charge in [-0.1, -0.05) is 12.8 Å². The monoisotopic (exact) mass is 266 g/mol. The predicted octanol–water partition coefficient (Wildman–Crippen LogP) is 2.14. The molecule has 0 bridgehead atoms. The molecule has 0 aromatic carbocycles. The van der Waals surface area contributed by atoms with Crippen molar-refractivity contribution in [3.8, 4) is 0 Å². The first-order valence-corrected chi connectivity index (χ1v) is 8.48. The SMILES string of the molecule is OCC(CCN1CCCC1C1CCCC1)NC1CC1. The van der Waals surface area contributed by atoms with Crippen LogP contribution in [0, 0.1) is 5.92 Å². The number of rotatable bonds is 7. The van der Waals surface area contributed by atoms with Gasteiger partial charge in [-0.15, -0.1) is 0 Å². The lowest BCUT2D eigenvalue weighted by Crippen LogP contribution is -2.41. The van der Waals surface area contributed by atoms with Gasteiger partial charge in [0.25, 0.3) is 0 Å². The molecular weight excluding hydrogens is 236 g/mol. The summed E-state index contributed by atoms with van der Waals surface area (Å²) in [5.74, 6) is 0.978. The Morgan fingerprint density at radius 3 is 2.53 bits per heavy atom. The van der Waals surface area contributed by atoms with Crippen LogP contribution in [0.4, 0.5) is 0 Å². The average Bonchev–Trinajstić information content (AvgIpc) is 2.94. The molecule has 19 heavy (non-hydrogen) atoms. The summed E-state index contributed by atoms with van der Waals surface area (Å²) in [6, 6.07) is 1.90. The molecule has 0 spiro atoms. The molecule has 3 heteroatoms. The van der Waals surface area contributed by atoms with E-state index in [1.807, 2.05) is 0 Å². The molecule has 3 rings (SSSR count). The van der Waals surface area contributed by atoms with Crippen molar-refractivity contribution >= 4 is 0 Å². The summed E-state index contributed by atoms with van der Waals surface area (Å²) in [5, 5.41) is 13.0. The fourth-order valence-corrected chi connectivity index (χ4v) is 4.14. The predicted molar refractivity (Wildman–Crippen MR) is 78.2 cm³/mol. The van der Waals surface area contributed by atoms with Gasteiger partial charge in [-0.25, -0.2) is 0 Å². The van der Waals surface area contributed by atoms with Crippen LogP contribution in [0.2, 0.25) is 0 Å². The summed E-state index contributed by atoms with van der Waals surface area (Å²) < 4.78 is 0. The maximum absolute atomic E-state index is 9.47. The molecule has 1 heterocycles. The topological polar surface area (TPSA) is 35.5 Å². The van der Waals surface area contributed by atoms with Crippen molar-refractivity contribution in [2.75, 3.05) is 19.7 Å². The summed E-state index contributed by atoms with van der Waals surface area (Å²) in [5.41, 5.74) is 0. The third-order valence-corrected chi connectivity index (χ3v) is 5.39. The Balaban J connectivity index is 1.44. The minimum absolute atomic E-state index is 0.304. The molecule has 110 valence electrons. The molecule has 1 saturated heterocycles. The van der Waals surface area contributed by atoms with Crippen molar-refractivity contribution < 1.29 is 5.11 Å². The highest BCUT2D eigenvalue weighted by molar-refractivity contribution is 4.89. The first-order chi connectivity index (χ1) is 9.36. The van der Waals surface area contributed by atoms with Crippen LogP contribution in [-0.4, -0.2) is 47.8 Å². The lowest BCUT2D eigenvalue weighted by atomic mass is 9.96. The second-order valence-corrected chi connectivity index (χ2v) is 6.90. The van der Waals surface area contributed by atoms with E-state index in [-0.39, 0.29) is 0 Å². The third-order valence-electron chi connectivity index (χ3n) is 5.39. The Morgan fingerprint density at radius 1 is 1.05 bits per heavy atom. The Morgan fingerprint density at radius 2 is 1.84 bits per heavy atom. The van der Waals surface area contributed by atoms with E-state index < -0.39 is 0 Å². The van der Waals surface area contributed by atoms with Crippen molar-refractivity contribution in [3.63, 3.8) is 0 Å². The van der Waals surface area contributed by atoms with Crippen molar-refractivity contribution in [3.05, 3.63) is 0 Å². The van der Waals surface area contributed by atoms with E-state index in [0.29, 0.717) is 18.7 Å². The zero-order valence-electron chi connectivity index (χ0n) is 12.2. The number of nitrogens with zero attached hydrogens (tertiary/aromatic N) is 1.